The molecule has 1 fully saturated rings. The minimum absolute atomic E-state index is 0.190. The molecule has 6 heteroatoms. The largest absolute Gasteiger partial charge is 0.348 e. The molecular weight excluding hydrogens is 270 g/mol. The van der Waals surface area contributed by atoms with E-state index in [4.69, 9.17) is 11.6 Å². The third kappa shape index (κ3) is 3.36. The van der Waals surface area contributed by atoms with Crippen molar-refractivity contribution in [1.29, 1.82) is 0 Å². The number of hydrogen-bond donors (Lipinski definition) is 1. The van der Waals surface area contributed by atoms with Gasteiger partial charge in [0.05, 0.1) is 11.2 Å². The maximum Gasteiger partial charge on any atom is 0.271 e. The smallest absolute Gasteiger partial charge is 0.271 e. The van der Waals surface area contributed by atoms with Crippen molar-refractivity contribution in [3.63, 3.8) is 0 Å². The first-order chi connectivity index (χ1) is 8.70. The number of nitrogens with one attached hydrogen (secondary N) is 1. The number of amides is 1. The predicted molar refractivity (Wildman–Crippen MR) is 73.2 cm³/mol. The van der Waals surface area contributed by atoms with E-state index in [9.17, 15) is 4.79 Å². The minimum atomic E-state index is -0.190. The number of rotatable bonds is 3. The highest BCUT2D eigenvalue weighted by Crippen LogP contribution is 2.20. The summed E-state index contributed by atoms with van der Waals surface area (Å²) >= 11 is 7.36. The van der Waals surface area contributed by atoms with Crippen LogP contribution in [0.4, 0.5) is 0 Å². The Morgan fingerprint density at radius 1 is 1.44 bits per heavy atom. The Morgan fingerprint density at radius 2 is 2.17 bits per heavy atom. The summed E-state index contributed by atoms with van der Waals surface area (Å²) in [7, 11) is 0. The zero-order valence-electron chi connectivity index (χ0n) is 10.3. The molecule has 0 saturated heterocycles. The van der Waals surface area contributed by atoms with Gasteiger partial charge < -0.3 is 5.32 Å². The molecule has 0 aliphatic heterocycles. The molecule has 0 unspecified atom stereocenters. The summed E-state index contributed by atoms with van der Waals surface area (Å²) in [5.41, 5.74) is 0.279. The van der Waals surface area contributed by atoms with E-state index in [0.29, 0.717) is 10.2 Å². The van der Waals surface area contributed by atoms with Crippen LogP contribution in [0.25, 0.3) is 0 Å². The van der Waals surface area contributed by atoms with E-state index in [2.05, 4.69) is 15.3 Å². The zero-order chi connectivity index (χ0) is 13.0. The fraction of sp³-hybridized carbons (Fsp3) is 0.583. The standard InChI is InChI=1S/C12H16ClN3OS/c1-18-12-14-7-9(13)10(16-12)11(17)15-8-5-3-2-4-6-8/h7-8H,2-6H2,1H3,(H,15,17). The van der Waals surface area contributed by atoms with Gasteiger partial charge in [-0.05, 0) is 19.1 Å². The average molecular weight is 286 g/mol. The second kappa shape index (κ2) is 6.38. The summed E-state index contributed by atoms with van der Waals surface area (Å²) in [4.78, 5) is 20.3. The highest BCUT2D eigenvalue weighted by atomic mass is 35.5. The summed E-state index contributed by atoms with van der Waals surface area (Å²) in [6.45, 7) is 0. The van der Waals surface area contributed by atoms with Crippen molar-refractivity contribution in [2.45, 2.75) is 43.3 Å². The van der Waals surface area contributed by atoms with Gasteiger partial charge in [0.2, 0.25) is 0 Å². The van der Waals surface area contributed by atoms with Crippen LogP contribution in [0, 0.1) is 0 Å². The van der Waals surface area contributed by atoms with Crippen molar-refractivity contribution in [3.8, 4) is 0 Å². The molecule has 1 aliphatic rings. The Labute approximate surface area is 116 Å². The number of carbonyl (C=O) groups excluding carboxylic acids is 1. The Hall–Kier alpha value is -0.810. The van der Waals surface area contributed by atoms with Crippen LogP contribution in [0.1, 0.15) is 42.6 Å². The molecule has 1 N–H and O–H groups in total. The highest BCUT2D eigenvalue weighted by Gasteiger charge is 2.19. The van der Waals surface area contributed by atoms with Crippen LogP contribution in [0.2, 0.25) is 5.02 Å². The first kappa shape index (κ1) is 13.6. The van der Waals surface area contributed by atoms with Crippen molar-refractivity contribution < 1.29 is 4.79 Å². The molecule has 4 nitrogen and oxygen atoms in total. The number of aromatic nitrogens is 2. The maximum atomic E-state index is 12.1. The lowest BCUT2D eigenvalue weighted by Gasteiger charge is -2.22. The molecule has 1 heterocycles. The van der Waals surface area contributed by atoms with Crippen LogP contribution in [-0.2, 0) is 0 Å². The van der Waals surface area contributed by atoms with E-state index in [1.54, 1.807) is 0 Å². The summed E-state index contributed by atoms with van der Waals surface area (Å²) in [5, 5.41) is 3.87. The quantitative estimate of drug-likeness (QED) is 0.685. The third-order valence-corrected chi connectivity index (χ3v) is 3.90. The lowest BCUT2D eigenvalue weighted by atomic mass is 9.95. The van der Waals surface area contributed by atoms with Gasteiger partial charge in [0, 0.05) is 6.04 Å². The van der Waals surface area contributed by atoms with Gasteiger partial charge in [0.25, 0.3) is 5.91 Å². The highest BCUT2D eigenvalue weighted by molar-refractivity contribution is 7.98. The average Bonchev–Trinajstić information content (AvgIpc) is 2.40. The van der Waals surface area contributed by atoms with Crippen molar-refractivity contribution >= 4 is 29.3 Å². The third-order valence-electron chi connectivity index (χ3n) is 3.06. The second-order valence-electron chi connectivity index (χ2n) is 4.36. The molecular formula is C12H16ClN3OS. The molecule has 0 radical (unpaired) electrons. The van der Waals surface area contributed by atoms with E-state index >= 15 is 0 Å². The van der Waals surface area contributed by atoms with Crippen LogP contribution in [0.3, 0.4) is 0 Å². The zero-order valence-corrected chi connectivity index (χ0v) is 11.9. The van der Waals surface area contributed by atoms with Crippen LogP contribution >= 0.6 is 23.4 Å². The fourth-order valence-electron chi connectivity index (χ4n) is 2.11. The van der Waals surface area contributed by atoms with Crippen LogP contribution in [-0.4, -0.2) is 28.2 Å². The summed E-state index contributed by atoms with van der Waals surface area (Å²) < 4.78 is 0. The van der Waals surface area contributed by atoms with Gasteiger partial charge in [0.1, 0.15) is 0 Å². The van der Waals surface area contributed by atoms with Gasteiger partial charge in [-0.15, -0.1) is 0 Å². The van der Waals surface area contributed by atoms with Gasteiger partial charge in [0.15, 0.2) is 10.9 Å². The van der Waals surface area contributed by atoms with Crippen molar-refractivity contribution in [2.24, 2.45) is 0 Å². The summed E-state index contributed by atoms with van der Waals surface area (Å²) in [6.07, 6.45) is 9.06. The molecule has 1 aromatic rings. The normalized spacial score (nSPS) is 16.6. The lowest BCUT2D eigenvalue weighted by Crippen LogP contribution is -2.36. The van der Waals surface area contributed by atoms with Crippen molar-refractivity contribution in [3.05, 3.63) is 16.9 Å². The Balaban J connectivity index is 2.07. The predicted octanol–water partition coefficient (Wildman–Crippen LogP) is 2.91. The SMILES string of the molecule is CSc1ncc(Cl)c(C(=O)NC2CCCCC2)n1. The molecule has 1 saturated carbocycles. The molecule has 18 heavy (non-hydrogen) atoms. The van der Waals surface area contributed by atoms with Crippen LogP contribution < -0.4 is 5.32 Å². The lowest BCUT2D eigenvalue weighted by molar-refractivity contribution is 0.0922. The molecule has 0 spiro atoms. The van der Waals surface area contributed by atoms with E-state index in [0.717, 1.165) is 12.8 Å². The number of thioether (sulfide) groups is 1. The number of carbonyl (C=O) groups is 1. The Morgan fingerprint density at radius 3 is 2.83 bits per heavy atom. The molecule has 2 rings (SSSR count). The monoisotopic (exact) mass is 285 g/mol. The van der Waals surface area contributed by atoms with E-state index in [1.165, 1.54) is 37.2 Å². The van der Waals surface area contributed by atoms with Crippen molar-refractivity contribution in [2.75, 3.05) is 6.26 Å². The van der Waals surface area contributed by atoms with E-state index < -0.39 is 0 Å². The molecule has 0 aromatic carbocycles. The molecule has 1 aliphatic carbocycles. The van der Waals surface area contributed by atoms with Crippen molar-refractivity contribution in [1.82, 2.24) is 15.3 Å². The Bertz CT molecular complexity index is 435. The number of halogens is 1. The van der Waals surface area contributed by atoms with Crippen LogP contribution in [0.5, 0.6) is 0 Å². The van der Waals surface area contributed by atoms with Gasteiger partial charge in [-0.2, -0.15) is 0 Å². The fourth-order valence-corrected chi connectivity index (χ4v) is 2.63. The van der Waals surface area contributed by atoms with Gasteiger partial charge in [-0.25, -0.2) is 9.97 Å². The molecule has 0 atom stereocenters. The van der Waals surface area contributed by atoms with Gasteiger partial charge >= 0.3 is 0 Å². The summed E-state index contributed by atoms with van der Waals surface area (Å²) in [5.74, 6) is -0.190. The van der Waals surface area contributed by atoms with Gasteiger partial charge in [-0.1, -0.05) is 42.6 Å². The molecule has 98 valence electrons. The second-order valence-corrected chi connectivity index (χ2v) is 5.54. The molecule has 1 amide bonds. The summed E-state index contributed by atoms with van der Waals surface area (Å²) in [6, 6.07) is 0.259. The topological polar surface area (TPSA) is 54.9 Å². The first-order valence-corrected chi connectivity index (χ1v) is 7.68. The molecule has 1 aromatic heterocycles. The van der Waals surface area contributed by atoms with E-state index in [1.807, 2.05) is 6.26 Å². The maximum absolute atomic E-state index is 12.1. The number of nitrogens with zero attached hydrogens (tertiary/aromatic N) is 2. The van der Waals surface area contributed by atoms with Gasteiger partial charge in [-0.3, -0.25) is 4.79 Å². The number of hydrogen-bond acceptors (Lipinski definition) is 4. The first-order valence-electron chi connectivity index (χ1n) is 6.08. The minimum Gasteiger partial charge on any atom is -0.348 e. The van der Waals surface area contributed by atoms with Crippen LogP contribution in [0.15, 0.2) is 11.4 Å². The Kier molecular flexibility index (Phi) is 4.83. The van der Waals surface area contributed by atoms with E-state index in [-0.39, 0.29) is 17.6 Å². The molecule has 0 bridgehead atoms.